The van der Waals surface area contributed by atoms with E-state index in [1.807, 2.05) is 6.92 Å². The molecule has 6 heteroatoms. The Morgan fingerprint density at radius 3 is 2.60 bits per heavy atom. The normalized spacial score (nSPS) is 17.6. The lowest BCUT2D eigenvalue weighted by Gasteiger charge is -2.31. The van der Waals surface area contributed by atoms with Gasteiger partial charge in [-0.05, 0) is 37.0 Å². The van der Waals surface area contributed by atoms with E-state index >= 15 is 0 Å². The minimum absolute atomic E-state index is 0.000105. The first-order chi connectivity index (χ1) is 9.46. The number of benzene rings is 1. The Morgan fingerprint density at radius 2 is 2.00 bits per heavy atom. The largest absolute Gasteiger partial charge is 0.399 e. The second-order valence-electron chi connectivity index (χ2n) is 5.09. The lowest BCUT2D eigenvalue weighted by molar-refractivity contribution is 0.0632. The number of nitrogen functional groups attached to an aromatic ring is 1. The Balaban J connectivity index is 2.36. The third-order valence-electron chi connectivity index (χ3n) is 3.83. The lowest BCUT2D eigenvalue weighted by Crippen LogP contribution is -2.40. The summed E-state index contributed by atoms with van der Waals surface area (Å²) in [5.74, 6) is 0. The summed E-state index contributed by atoms with van der Waals surface area (Å²) in [6.45, 7) is 3.17. The Labute approximate surface area is 120 Å². The minimum atomic E-state index is -3.51. The summed E-state index contributed by atoms with van der Waals surface area (Å²) < 4.78 is 32.4. The first kappa shape index (κ1) is 15.3. The molecule has 1 heterocycles. The molecule has 2 N–H and O–H groups in total. The molecule has 1 saturated heterocycles. The molecule has 20 heavy (non-hydrogen) atoms. The number of nitrogens with two attached hydrogens (primary N) is 1. The highest BCUT2D eigenvalue weighted by atomic mass is 32.2. The molecule has 0 aliphatic carbocycles. The summed E-state index contributed by atoms with van der Waals surface area (Å²) in [6, 6.07) is 5.09. The van der Waals surface area contributed by atoms with Crippen molar-refractivity contribution < 1.29 is 13.2 Å². The molecule has 1 aromatic rings. The number of hydrogen-bond acceptors (Lipinski definition) is 4. The average Bonchev–Trinajstić information content (AvgIpc) is 2.47. The van der Waals surface area contributed by atoms with Crippen LogP contribution < -0.4 is 5.73 Å². The van der Waals surface area contributed by atoms with Gasteiger partial charge in [-0.15, -0.1) is 0 Å². The van der Waals surface area contributed by atoms with Crippen LogP contribution in [0.25, 0.3) is 0 Å². The van der Waals surface area contributed by atoms with Gasteiger partial charge in [0.15, 0.2) is 0 Å². The monoisotopic (exact) mass is 298 g/mol. The first-order valence-electron chi connectivity index (χ1n) is 6.91. The molecule has 2 rings (SSSR count). The van der Waals surface area contributed by atoms with Crippen LogP contribution in [0.4, 0.5) is 5.69 Å². The molecule has 0 amide bonds. The van der Waals surface area contributed by atoms with E-state index < -0.39 is 10.0 Å². The van der Waals surface area contributed by atoms with Crippen molar-refractivity contribution in [2.45, 2.75) is 37.1 Å². The smallest absolute Gasteiger partial charge is 0.243 e. The van der Waals surface area contributed by atoms with Gasteiger partial charge < -0.3 is 10.5 Å². The van der Waals surface area contributed by atoms with Gasteiger partial charge in [0, 0.05) is 32.0 Å². The maximum Gasteiger partial charge on any atom is 0.243 e. The molecular formula is C14H22N2O3S. The zero-order valence-corrected chi connectivity index (χ0v) is 12.8. The highest BCUT2D eigenvalue weighted by molar-refractivity contribution is 7.89. The molecule has 0 bridgehead atoms. The van der Waals surface area contributed by atoms with E-state index in [0.29, 0.717) is 30.2 Å². The Bertz CT molecular complexity index is 566. The van der Waals surface area contributed by atoms with Crippen LogP contribution in [-0.4, -0.2) is 39.0 Å². The molecule has 1 aromatic carbocycles. The standard InChI is InChI=1S/C14H22N2O3S/c1-3-11-4-5-12(15)10-14(11)20(17,18)16(2)13-6-8-19-9-7-13/h4-5,10,13H,3,6-9,15H2,1-2H3. The molecule has 0 saturated carbocycles. The SMILES string of the molecule is CCc1ccc(N)cc1S(=O)(=O)N(C)C1CCOCC1. The quantitative estimate of drug-likeness (QED) is 0.858. The lowest BCUT2D eigenvalue weighted by atomic mass is 10.1. The fraction of sp³-hybridized carbons (Fsp3) is 0.571. The zero-order valence-electron chi connectivity index (χ0n) is 12.0. The molecule has 1 aliphatic rings. The second-order valence-corrected chi connectivity index (χ2v) is 7.05. The number of anilines is 1. The Hall–Kier alpha value is -1.11. The van der Waals surface area contributed by atoms with Crippen LogP contribution in [0.3, 0.4) is 0 Å². The van der Waals surface area contributed by atoms with E-state index in [0.717, 1.165) is 18.4 Å². The highest BCUT2D eigenvalue weighted by Crippen LogP contribution is 2.26. The maximum atomic E-state index is 12.8. The van der Waals surface area contributed by atoms with Crippen LogP contribution in [0.15, 0.2) is 23.1 Å². The van der Waals surface area contributed by atoms with Crippen LogP contribution in [0, 0.1) is 0 Å². The molecule has 0 atom stereocenters. The topological polar surface area (TPSA) is 72.6 Å². The first-order valence-corrected chi connectivity index (χ1v) is 8.35. The second kappa shape index (κ2) is 6.11. The van der Waals surface area contributed by atoms with E-state index in [-0.39, 0.29) is 6.04 Å². The third kappa shape index (κ3) is 2.97. The van der Waals surface area contributed by atoms with Gasteiger partial charge in [-0.25, -0.2) is 8.42 Å². The van der Waals surface area contributed by atoms with Crippen LogP contribution in [-0.2, 0) is 21.2 Å². The summed E-state index contributed by atoms with van der Waals surface area (Å²) >= 11 is 0. The van der Waals surface area contributed by atoms with E-state index in [1.165, 1.54) is 4.31 Å². The van der Waals surface area contributed by atoms with Gasteiger partial charge in [-0.2, -0.15) is 4.31 Å². The molecule has 5 nitrogen and oxygen atoms in total. The van der Waals surface area contributed by atoms with Gasteiger partial charge in [0.1, 0.15) is 0 Å². The highest BCUT2D eigenvalue weighted by Gasteiger charge is 2.30. The predicted octanol–water partition coefficient (Wildman–Crippen LogP) is 1.63. The van der Waals surface area contributed by atoms with Crippen molar-refractivity contribution in [3.63, 3.8) is 0 Å². The van der Waals surface area contributed by atoms with Crippen molar-refractivity contribution in [3.05, 3.63) is 23.8 Å². The molecule has 1 fully saturated rings. The van der Waals surface area contributed by atoms with Crippen molar-refractivity contribution in [3.8, 4) is 0 Å². The summed E-state index contributed by atoms with van der Waals surface area (Å²) in [4.78, 5) is 0.328. The van der Waals surface area contributed by atoms with E-state index in [9.17, 15) is 8.42 Å². The summed E-state index contributed by atoms with van der Waals surface area (Å²) in [5, 5.41) is 0. The van der Waals surface area contributed by atoms with Crippen molar-refractivity contribution in [2.24, 2.45) is 0 Å². The summed E-state index contributed by atoms with van der Waals surface area (Å²) in [5.41, 5.74) is 7.03. The van der Waals surface area contributed by atoms with Crippen molar-refractivity contribution in [1.82, 2.24) is 4.31 Å². The van der Waals surface area contributed by atoms with Gasteiger partial charge in [-0.3, -0.25) is 0 Å². The van der Waals surface area contributed by atoms with Crippen LogP contribution >= 0.6 is 0 Å². The van der Waals surface area contributed by atoms with Gasteiger partial charge in [0.05, 0.1) is 4.90 Å². The Morgan fingerprint density at radius 1 is 1.35 bits per heavy atom. The van der Waals surface area contributed by atoms with Gasteiger partial charge in [0.2, 0.25) is 10.0 Å². The predicted molar refractivity (Wildman–Crippen MR) is 79.0 cm³/mol. The van der Waals surface area contributed by atoms with E-state index in [4.69, 9.17) is 10.5 Å². The van der Waals surface area contributed by atoms with E-state index in [1.54, 1.807) is 25.2 Å². The molecule has 0 spiro atoms. The third-order valence-corrected chi connectivity index (χ3v) is 5.83. The van der Waals surface area contributed by atoms with Crippen LogP contribution in [0.1, 0.15) is 25.3 Å². The number of nitrogens with zero attached hydrogens (tertiary/aromatic N) is 1. The zero-order chi connectivity index (χ0) is 14.8. The summed E-state index contributed by atoms with van der Waals surface area (Å²) in [6.07, 6.45) is 2.13. The maximum absolute atomic E-state index is 12.8. The number of ether oxygens (including phenoxy) is 1. The Kier molecular flexibility index (Phi) is 4.67. The molecule has 0 aromatic heterocycles. The van der Waals surface area contributed by atoms with Gasteiger partial charge >= 0.3 is 0 Å². The van der Waals surface area contributed by atoms with E-state index in [2.05, 4.69) is 0 Å². The van der Waals surface area contributed by atoms with Gasteiger partial charge in [-0.1, -0.05) is 13.0 Å². The number of sulfonamides is 1. The fourth-order valence-electron chi connectivity index (χ4n) is 2.50. The number of hydrogen-bond donors (Lipinski definition) is 1. The number of aryl methyl sites for hydroxylation is 1. The number of rotatable bonds is 4. The minimum Gasteiger partial charge on any atom is -0.399 e. The average molecular weight is 298 g/mol. The van der Waals surface area contributed by atoms with Gasteiger partial charge in [0.25, 0.3) is 0 Å². The molecule has 112 valence electrons. The van der Waals surface area contributed by atoms with Crippen LogP contribution in [0.2, 0.25) is 0 Å². The fourth-order valence-corrected chi connectivity index (χ4v) is 4.25. The van der Waals surface area contributed by atoms with Crippen LogP contribution in [0.5, 0.6) is 0 Å². The van der Waals surface area contributed by atoms with Crippen molar-refractivity contribution >= 4 is 15.7 Å². The molecular weight excluding hydrogens is 276 g/mol. The van der Waals surface area contributed by atoms with Crippen molar-refractivity contribution in [1.29, 1.82) is 0 Å². The molecule has 0 unspecified atom stereocenters. The molecule has 0 radical (unpaired) electrons. The molecule has 1 aliphatic heterocycles. The summed E-state index contributed by atoms with van der Waals surface area (Å²) in [7, 11) is -1.86. The van der Waals surface area contributed by atoms with Crippen molar-refractivity contribution in [2.75, 3.05) is 26.0 Å².